The number of anilines is 2. The van der Waals surface area contributed by atoms with Crippen LogP contribution >= 0.6 is 0 Å². The van der Waals surface area contributed by atoms with Crippen LogP contribution in [-0.2, 0) is 11.8 Å². The minimum absolute atomic E-state index is 0.0379. The lowest BCUT2D eigenvalue weighted by molar-refractivity contribution is -0.117. The zero-order valence-corrected chi connectivity index (χ0v) is 14.3. The molecule has 0 saturated carbocycles. The minimum Gasteiger partial charge on any atom is -0.363 e. The summed E-state index contributed by atoms with van der Waals surface area (Å²) in [7, 11) is 1.86. The van der Waals surface area contributed by atoms with Crippen LogP contribution in [0.4, 0.5) is 11.5 Å². The highest BCUT2D eigenvalue weighted by Crippen LogP contribution is 2.27. The maximum atomic E-state index is 12.0. The first-order valence-electron chi connectivity index (χ1n) is 8.43. The summed E-state index contributed by atoms with van der Waals surface area (Å²) in [6, 6.07) is 8.15. The van der Waals surface area contributed by atoms with E-state index in [2.05, 4.69) is 39.4 Å². The first-order chi connectivity index (χ1) is 12.1. The van der Waals surface area contributed by atoms with E-state index < -0.39 is 0 Å². The van der Waals surface area contributed by atoms with Gasteiger partial charge in [-0.2, -0.15) is 5.10 Å². The van der Waals surface area contributed by atoms with Gasteiger partial charge in [0.1, 0.15) is 12.1 Å². The maximum Gasteiger partial charge on any atom is 0.227 e. The summed E-state index contributed by atoms with van der Waals surface area (Å²) < 4.78 is 1.73. The van der Waals surface area contributed by atoms with Crippen molar-refractivity contribution in [3.63, 3.8) is 0 Å². The van der Waals surface area contributed by atoms with Crippen molar-refractivity contribution in [3.05, 3.63) is 42.4 Å². The number of hydrogen-bond acceptors (Lipinski definition) is 5. The zero-order chi connectivity index (χ0) is 17.4. The molecule has 1 amide bonds. The molecule has 0 radical (unpaired) electrons. The molecule has 1 aliphatic heterocycles. The Bertz CT molecular complexity index is 934. The molecular formula is C18H20N6O. The number of aryl methyl sites for hydroxylation is 1. The fraction of sp³-hybridized carbons (Fsp3) is 0.333. The Balaban J connectivity index is 1.60. The quantitative estimate of drug-likeness (QED) is 0.793. The molecule has 1 saturated heterocycles. The van der Waals surface area contributed by atoms with Gasteiger partial charge in [-0.1, -0.05) is 12.1 Å². The fourth-order valence-electron chi connectivity index (χ4n) is 3.25. The molecule has 0 aliphatic carbocycles. The van der Waals surface area contributed by atoms with E-state index in [1.54, 1.807) is 17.2 Å². The molecule has 7 heteroatoms. The van der Waals surface area contributed by atoms with Crippen molar-refractivity contribution in [1.29, 1.82) is 0 Å². The summed E-state index contributed by atoms with van der Waals surface area (Å²) >= 11 is 0. The molecule has 0 bridgehead atoms. The van der Waals surface area contributed by atoms with Gasteiger partial charge in [-0.05, 0) is 31.0 Å². The van der Waals surface area contributed by atoms with Crippen molar-refractivity contribution in [2.24, 2.45) is 7.05 Å². The average Bonchev–Trinajstić information content (AvgIpc) is 3.22. The van der Waals surface area contributed by atoms with E-state index in [0.29, 0.717) is 6.42 Å². The van der Waals surface area contributed by atoms with Crippen LogP contribution in [0.25, 0.3) is 11.0 Å². The third kappa shape index (κ3) is 2.82. The molecule has 0 spiro atoms. The van der Waals surface area contributed by atoms with Crippen LogP contribution in [0.15, 0.2) is 36.8 Å². The van der Waals surface area contributed by atoms with Crippen LogP contribution in [-0.4, -0.2) is 32.2 Å². The van der Waals surface area contributed by atoms with Gasteiger partial charge in [0, 0.05) is 25.7 Å². The van der Waals surface area contributed by atoms with E-state index >= 15 is 0 Å². The lowest BCUT2D eigenvalue weighted by atomic mass is 10.1. The molecule has 1 fully saturated rings. The van der Waals surface area contributed by atoms with Gasteiger partial charge in [-0.3, -0.25) is 9.48 Å². The Hall–Kier alpha value is -2.96. The topological polar surface area (TPSA) is 75.9 Å². The number of carbonyl (C=O) groups is 1. The molecule has 1 aliphatic rings. The molecule has 128 valence electrons. The highest BCUT2D eigenvalue weighted by Gasteiger charge is 2.22. The van der Waals surface area contributed by atoms with E-state index in [0.717, 1.165) is 41.1 Å². The maximum absolute atomic E-state index is 12.0. The van der Waals surface area contributed by atoms with Gasteiger partial charge in [0.25, 0.3) is 0 Å². The number of amides is 1. The molecule has 25 heavy (non-hydrogen) atoms. The lowest BCUT2D eigenvalue weighted by Crippen LogP contribution is -2.23. The lowest BCUT2D eigenvalue weighted by Gasteiger charge is -2.20. The second kappa shape index (κ2) is 6.16. The highest BCUT2D eigenvalue weighted by molar-refractivity contribution is 5.95. The van der Waals surface area contributed by atoms with Crippen LogP contribution in [0.2, 0.25) is 0 Å². The number of aromatic nitrogens is 4. The molecule has 3 heterocycles. The fourth-order valence-corrected chi connectivity index (χ4v) is 3.25. The van der Waals surface area contributed by atoms with E-state index in [1.807, 2.05) is 24.1 Å². The van der Waals surface area contributed by atoms with Crippen molar-refractivity contribution in [2.75, 3.05) is 16.8 Å². The molecule has 1 N–H and O–H groups in total. The van der Waals surface area contributed by atoms with E-state index in [1.165, 1.54) is 0 Å². The Morgan fingerprint density at radius 3 is 2.96 bits per heavy atom. The standard InChI is InChI=1S/C18H20N6O/c1-12(22-17-15-10-21-23(2)18(15)20-11-19-17)13-5-3-6-14(9-13)24-8-4-7-16(24)25/h3,5-6,9-12H,4,7-8H2,1-2H3,(H,19,20,22)/t12-/m0/s1. The molecule has 1 atom stereocenters. The van der Waals surface area contributed by atoms with Crippen LogP contribution in [0, 0.1) is 0 Å². The van der Waals surface area contributed by atoms with Crippen LogP contribution in [0.3, 0.4) is 0 Å². The van der Waals surface area contributed by atoms with Gasteiger partial charge in [0.2, 0.25) is 5.91 Å². The predicted octanol–water partition coefficient (Wildman–Crippen LogP) is 2.66. The second-order valence-electron chi connectivity index (χ2n) is 6.34. The number of nitrogens with zero attached hydrogens (tertiary/aromatic N) is 5. The molecule has 1 aromatic carbocycles. The van der Waals surface area contributed by atoms with Gasteiger partial charge >= 0.3 is 0 Å². The van der Waals surface area contributed by atoms with Gasteiger partial charge in [0.05, 0.1) is 17.6 Å². The van der Waals surface area contributed by atoms with Crippen molar-refractivity contribution in [1.82, 2.24) is 19.7 Å². The SMILES string of the molecule is C[C@H](Nc1ncnc2c1cnn2C)c1cccc(N2CCCC2=O)c1. The van der Waals surface area contributed by atoms with Crippen LogP contribution in [0.1, 0.15) is 31.4 Å². The number of fused-ring (bicyclic) bond motifs is 1. The monoisotopic (exact) mass is 336 g/mol. The summed E-state index contributed by atoms with van der Waals surface area (Å²) in [6.45, 7) is 2.88. The predicted molar refractivity (Wildman–Crippen MR) is 96.4 cm³/mol. The Morgan fingerprint density at radius 1 is 1.28 bits per heavy atom. The van der Waals surface area contributed by atoms with Gasteiger partial charge in [-0.15, -0.1) is 0 Å². The van der Waals surface area contributed by atoms with Gasteiger partial charge in [0.15, 0.2) is 5.65 Å². The van der Waals surface area contributed by atoms with Crippen molar-refractivity contribution < 1.29 is 4.79 Å². The number of benzene rings is 1. The molecule has 3 aromatic rings. The zero-order valence-electron chi connectivity index (χ0n) is 14.3. The number of hydrogen-bond donors (Lipinski definition) is 1. The Labute approximate surface area is 145 Å². The Kier molecular flexibility index (Phi) is 3.83. The highest BCUT2D eigenvalue weighted by atomic mass is 16.2. The van der Waals surface area contributed by atoms with Crippen LogP contribution < -0.4 is 10.2 Å². The summed E-state index contributed by atoms with van der Waals surface area (Å²) in [5.41, 5.74) is 2.86. The van der Waals surface area contributed by atoms with Crippen molar-refractivity contribution in [3.8, 4) is 0 Å². The molecule has 7 nitrogen and oxygen atoms in total. The summed E-state index contributed by atoms with van der Waals surface area (Å²) in [4.78, 5) is 22.5. The number of rotatable bonds is 4. The van der Waals surface area contributed by atoms with Gasteiger partial charge in [-0.25, -0.2) is 9.97 Å². The first-order valence-corrected chi connectivity index (χ1v) is 8.43. The molecule has 2 aromatic heterocycles. The van der Waals surface area contributed by atoms with Gasteiger partial charge < -0.3 is 10.2 Å². The smallest absolute Gasteiger partial charge is 0.227 e. The average molecular weight is 336 g/mol. The summed E-state index contributed by atoms with van der Waals surface area (Å²) in [5, 5.41) is 8.57. The third-order valence-corrected chi connectivity index (χ3v) is 4.64. The molecule has 0 unspecified atom stereocenters. The summed E-state index contributed by atoms with van der Waals surface area (Å²) in [5.74, 6) is 0.957. The van der Waals surface area contributed by atoms with E-state index in [4.69, 9.17) is 0 Å². The number of carbonyl (C=O) groups excluding carboxylic acids is 1. The minimum atomic E-state index is 0.0379. The van der Waals surface area contributed by atoms with Crippen LogP contribution in [0.5, 0.6) is 0 Å². The molecular weight excluding hydrogens is 316 g/mol. The van der Waals surface area contributed by atoms with Crippen molar-refractivity contribution >= 4 is 28.4 Å². The number of nitrogens with one attached hydrogen (secondary N) is 1. The third-order valence-electron chi connectivity index (χ3n) is 4.64. The second-order valence-corrected chi connectivity index (χ2v) is 6.34. The molecule has 4 rings (SSSR count). The van der Waals surface area contributed by atoms with E-state index in [9.17, 15) is 4.79 Å². The Morgan fingerprint density at radius 2 is 2.16 bits per heavy atom. The van der Waals surface area contributed by atoms with Crippen molar-refractivity contribution in [2.45, 2.75) is 25.8 Å². The van der Waals surface area contributed by atoms with E-state index in [-0.39, 0.29) is 11.9 Å². The summed E-state index contributed by atoms with van der Waals surface area (Å²) in [6.07, 6.45) is 4.87. The first kappa shape index (κ1) is 15.6. The normalized spacial score (nSPS) is 15.8. The largest absolute Gasteiger partial charge is 0.363 e.